The predicted molar refractivity (Wildman–Crippen MR) is 47.8 cm³/mol. The van der Waals surface area contributed by atoms with Crippen molar-refractivity contribution in [2.24, 2.45) is 5.41 Å². The Hall–Kier alpha value is -1.32. The first kappa shape index (κ1) is 9.77. The SMILES string of the molecule is CC(C)(C)/C(F)=C/n1ccoc1=O. The maximum absolute atomic E-state index is 13.3. The van der Waals surface area contributed by atoms with Crippen LogP contribution in [-0.4, -0.2) is 4.57 Å². The normalized spacial score (nSPS) is 13.4. The van der Waals surface area contributed by atoms with E-state index < -0.39 is 11.2 Å². The minimum atomic E-state index is -0.587. The quantitative estimate of drug-likeness (QED) is 0.672. The highest BCUT2D eigenvalue weighted by Gasteiger charge is 2.17. The Bertz CT molecular complexity index is 367. The fourth-order valence-electron chi connectivity index (χ4n) is 0.687. The van der Waals surface area contributed by atoms with Crippen molar-refractivity contribution in [2.75, 3.05) is 0 Å². The number of hydrogen-bond acceptors (Lipinski definition) is 2. The molecule has 72 valence electrons. The molecule has 0 amide bonds. The lowest BCUT2D eigenvalue weighted by atomic mass is 9.95. The van der Waals surface area contributed by atoms with Crippen molar-refractivity contribution in [3.05, 3.63) is 28.8 Å². The van der Waals surface area contributed by atoms with Crippen molar-refractivity contribution in [1.82, 2.24) is 4.57 Å². The van der Waals surface area contributed by atoms with E-state index in [1.54, 1.807) is 20.8 Å². The van der Waals surface area contributed by atoms with Crippen LogP contribution in [0.1, 0.15) is 20.8 Å². The van der Waals surface area contributed by atoms with Crippen LogP contribution in [0.3, 0.4) is 0 Å². The summed E-state index contributed by atoms with van der Waals surface area (Å²) in [4.78, 5) is 10.9. The second kappa shape index (κ2) is 3.20. The highest BCUT2D eigenvalue weighted by Crippen LogP contribution is 2.26. The summed E-state index contributed by atoms with van der Waals surface area (Å²) in [5.41, 5.74) is -0.587. The van der Waals surface area contributed by atoms with E-state index in [0.29, 0.717) is 0 Å². The highest BCUT2D eigenvalue weighted by molar-refractivity contribution is 5.28. The standard InChI is InChI=1S/C9H12FNO2/c1-9(2,3)7(10)6-11-4-5-13-8(11)12/h4-6H,1-3H3/b7-6-. The van der Waals surface area contributed by atoms with Gasteiger partial charge in [-0.15, -0.1) is 0 Å². The van der Waals surface area contributed by atoms with Gasteiger partial charge in [0.2, 0.25) is 0 Å². The Morgan fingerprint density at radius 3 is 2.62 bits per heavy atom. The fourth-order valence-corrected chi connectivity index (χ4v) is 0.687. The smallest absolute Gasteiger partial charge is 0.416 e. The number of allylic oxidation sites excluding steroid dienone is 1. The molecule has 0 spiro atoms. The van der Waals surface area contributed by atoms with Crippen LogP contribution >= 0.6 is 0 Å². The van der Waals surface area contributed by atoms with Gasteiger partial charge < -0.3 is 4.42 Å². The van der Waals surface area contributed by atoms with Crippen molar-refractivity contribution in [1.29, 1.82) is 0 Å². The predicted octanol–water partition coefficient (Wildman–Crippen LogP) is 2.26. The molecule has 0 aromatic carbocycles. The Labute approximate surface area is 75.5 Å². The summed E-state index contributed by atoms with van der Waals surface area (Å²) < 4.78 is 18.9. The van der Waals surface area contributed by atoms with E-state index in [1.165, 1.54) is 12.5 Å². The van der Waals surface area contributed by atoms with Crippen LogP contribution in [0.4, 0.5) is 4.39 Å². The molecule has 0 atom stereocenters. The summed E-state index contributed by atoms with van der Waals surface area (Å²) in [6.45, 7) is 5.18. The fraction of sp³-hybridized carbons (Fsp3) is 0.444. The first-order valence-corrected chi connectivity index (χ1v) is 3.94. The second-order valence-corrected chi connectivity index (χ2v) is 3.80. The summed E-state index contributed by atoms with van der Waals surface area (Å²) in [6, 6.07) is 0. The Kier molecular flexibility index (Phi) is 2.40. The number of hydrogen-bond donors (Lipinski definition) is 0. The van der Waals surface area contributed by atoms with Gasteiger partial charge in [-0.05, 0) is 0 Å². The molecule has 0 aliphatic carbocycles. The van der Waals surface area contributed by atoms with E-state index >= 15 is 0 Å². The number of oxazole rings is 1. The third kappa shape index (κ3) is 2.31. The van der Waals surface area contributed by atoms with Gasteiger partial charge in [0.15, 0.2) is 0 Å². The maximum Gasteiger partial charge on any atom is 0.423 e. The van der Waals surface area contributed by atoms with Gasteiger partial charge in [0.1, 0.15) is 12.1 Å². The number of aromatic nitrogens is 1. The molecule has 0 aliphatic heterocycles. The van der Waals surface area contributed by atoms with Gasteiger partial charge in [0.25, 0.3) is 0 Å². The molecule has 13 heavy (non-hydrogen) atoms. The summed E-state index contributed by atoms with van der Waals surface area (Å²) in [5, 5.41) is 0. The van der Waals surface area contributed by atoms with Crippen LogP contribution in [0.25, 0.3) is 6.20 Å². The molecule has 1 aromatic rings. The molecule has 0 aliphatic rings. The maximum atomic E-state index is 13.3. The first-order valence-electron chi connectivity index (χ1n) is 3.94. The minimum Gasteiger partial charge on any atom is -0.416 e. The second-order valence-electron chi connectivity index (χ2n) is 3.80. The Morgan fingerprint density at radius 2 is 2.23 bits per heavy atom. The number of halogens is 1. The molecule has 0 radical (unpaired) electrons. The molecule has 1 heterocycles. The van der Waals surface area contributed by atoms with E-state index in [-0.39, 0.29) is 5.83 Å². The zero-order valence-corrected chi connectivity index (χ0v) is 7.87. The zero-order valence-electron chi connectivity index (χ0n) is 7.87. The van der Waals surface area contributed by atoms with Gasteiger partial charge in [-0.2, -0.15) is 0 Å². The van der Waals surface area contributed by atoms with Crippen molar-refractivity contribution in [2.45, 2.75) is 20.8 Å². The third-order valence-corrected chi connectivity index (χ3v) is 1.57. The molecular weight excluding hydrogens is 173 g/mol. The van der Waals surface area contributed by atoms with Gasteiger partial charge >= 0.3 is 5.76 Å². The van der Waals surface area contributed by atoms with Crippen LogP contribution in [0.2, 0.25) is 0 Å². The average molecular weight is 185 g/mol. The largest absolute Gasteiger partial charge is 0.423 e. The molecule has 0 saturated carbocycles. The van der Waals surface area contributed by atoms with E-state index in [9.17, 15) is 9.18 Å². The van der Waals surface area contributed by atoms with Gasteiger partial charge in [0.05, 0.1) is 6.20 Å². The molecule has 0 N–H and O–H groups in total. The average Bonchev–Trinajstić information content (AvgIpc) is 2.34. The molecule has 4 heteroatoms. The summed E-state index contributed by atoms with van der Waals surface area (Å²) >= 11 is 0. The van der Waals surface area contributed by atoms with Crippen molar-refractivity contribution < 1.29 is 8.81 Å². The minimum absolute atomic E-state index is 0.365. The van der Waals surface area contributed by atoms with E-state index in [4.69, 9.17) is 0 Å². The van der Waals surface area contributed by atoms with Gasteiger partial charge in [0, 0.05) is 11.6 Å². The van der Waals surface area contributed by atoms with Crippen LogP contribution in [0, 0.1) is 5.41 Å². The van der Waals surface area contributed by atoms with Crippen LogP contribution in [0.15, 0.2) is 27.5 Å². The van der Waals surface area contributed by atoms with E-state index in [2.05, 4.69) is 4.42 Å². The van der Waals surface area contributed by atoms with E-state index in [0.717, 1.165) is 10.8 Å². The highest BCUT2D eigenvalue weighted by atomic mass is 19.1. The number of rotatable bonds is 1. The third-order valence-electron chi connectivity index (χ3n) is 1.57. The van der Waals surface area contributed by atoms with E-state index in [1.807, 2.05) is 0 Å². The number of nitrogens with zero attached hydrogens (tertiary/aromatic N) is 1. The lowest BCUT2D eigenvalue weighted by Crippen LogP contribution is -2.11. The molecular formula is C9H12FNO2. The Morgan fingerprint density at radius 1 is 1.62 bits per heavy atom. The topological polar surface area (TPSA) is 35.1 Å². The van der Waals surface area contributed by atoms with Crippen molar-refractivity contribution in [3.8, 4) is 0 Å². The molecule has 0 unspecified atom stereocenters. The van der Waals surface area contributed by atoms with Crippen molar-refractivity contribution in [3.63, 3.8) is 0 Å². The lowest BCUT2D eigenvalue weighted by molar-refractivity contribution is 0.385. The summed E-state index contributed by atoms with van der Waals surface area (Å²) in [5.74, 6) is -0.949. The van der Waals surface area contributed by atoms with Crippen LogP contribution < -0.4 is 5.76 Å². The molecule has 1 rings (SSSR count). The molecule has 0 bridgehead atoms. The first-order chi connectivity index (χ1) is 5.91. The van der Waals surface area contributed by atoms with Gasteiger partial charge in [-0.3, -0.25) is 4.57 Å². The van der Waals surface area contributed by atoms with Crippen LogP contribution in [0.5, 0.6) is 0 Å². The summed E-state index contributed by atoms with van der Waals surface area (Å²) in [7, 11) is 0. The molecule has 1 aromatic heterocycles. The Balaban J connectivity index is 3.03. The summed E-state index contributed by atoms with van der Waals surface area (Å²) in [6.07, 6.45) is 3.72. The molecule has 0 fully saturated rings. The van der Waals surface area contributed by atoms with Crippen molar-refractivity contribution >= 4 is 6.20 Å². The monoisotopic (exact) mass is 185 g/mol. The lowest BCUT2D eigenvalue weighted by Gasteiger charge is -2.14. The zero-order chi connectivity index (χ0) is 10.1. The van der Waals surface area contributed by atoms with Gasteiger partial charge in [-0.25, -0.2) is 9.18 Å². The van der Waals surface area contributed by atoms with Gasteiger partial charge in [-0.1, -0.05) is 20.8 Å². The molecule has 0 saturated heterocycles. The molecule has 3 nitrogen and oxygen atoms in total. The van der Waals surface area contributed by atoms with Crippen LogP contribution in [-0.2, 0) is 0 Å².